The van der Waals surface area contributed by atoms with Crippen LogP contribution in [0.3, 0.4) is 0 Å². The lowest BCUT2D eigenvalue weighted by molar-refractivity contribution is 0.0535. The van der Waals surface area contributed by atoms with Crippen molar-refractivity contribution in [3.8, 4) is 0 Å². The number of aromatic nitrogens is 4. The van der Waals surface area contributed by atoms with E-state index in [-0.39, 0.29) is 11.8 Å². The van der Waals surface area contributed by atoms with E-state index in [0.717, 1.165) is 33.5 Å². The van der Waals surface area contributed by atoms with Crippen LogP contribution in [0.1, 0.15) is 32.1 Å². The molecule has 156 valence electrons. The lowest BCUT2D eigenvalue weighted by Crippen LogP contribution is -2.50. The van der Waals surface area contributed by atoms with Gasteiger partial charge < -0.3 is 14.8 Å². The fourth-order valence-corrected chi connectivity index (χ4v) is 3.91. The lowest BCUT2D eigenvalue weighted by Gasteiger charge is -2.35. The number of benzene rings is 2. The first-order valence-electron chi connectivity index (χ1n) is 10.3. The SMILES string of the molecule is Cc1nc2ccc(C(=O)N3CCN(C(=O)c4ccc5nc[nH]c5c4)CC3)cc2nc1C. The number of carbonyl (C=O) groups excluding carboxylic acids is 2. The highest BCUT2D eigenvalue weighted by atomic mass is 16.2. The molecule has 1 N–H and O–H groups in total. The molecule has 1 aliphatic heterocycles. The minimum absolute atomic E-state index is 0.0320. The van der Waals surface area contributed by atoms with Gasteiger partial charge in [-0.1, -0.05) is 0 Å². The summed E-state index contributed by atoms with van der Waals surface area (Å²) in [6, 6.07) is 10.9. The number of imidazole rings is 1. The smallest absolute Gasteiger partial charge is 0.254 e. The van der Waals surface area contributed by atoms with Gasteiger partial charge in [0.1, 0.15) is 0 Å². The molecule has 5 rings (SSSR count). The van der Waals surface area contributed by atoms with Gasteiger partial charge in [-0.3, -0.25) is 9.59 Å². The third-order valence-corrected chi connectivity index (χ3v) is 5.84. The van der Waals surface area contributed by atoms with Gasteiger partial charge in [-0.2, -0.15) is 0 Å². The van der Waals surface area contributed by atoms with Crippen LogP contribution in [-0.4, -0.2) is 67.7 Å². The van der Waals surface area contributed by atoms with E-state index < -0.39 is 0 Å². The Morgan fingerprint density at radius 3 is 1.97 bits per heavy atom. The van der Waals surface area contributed by atoms with Crippen LogP contribution < -0.4 is 0 Å². The van der Waals surface area contributed by atoms with Crippen molar-refractivity contribution in [2.75, 3.05) is 26.2 Å². The Morgan fingerprint density at radius 2 is 1.32 bits per heavy atom. The number of amides is 2. The molecule has 8 nitrogen and oxygen atoms in total. The van der Waals surface area contributed by atoms with Crippen molar-refractivity contribution in [3.05, 3.63) is 65.2 Å². The van der Waals surface area contributed by atoms with Crippen molar-refractivity contribution in [2.45, 2.75) is 13.8 Å². The highest BCUT2D eigenvalue weighted by molar-refractivity contribution is 5.99. The Bertz CT molecular complexity index is 1320. The summed E-state index contributed by atoms with van der Waals surface area (Å²) >= 11 is 0. The molecule has 0 spiro atoms. The van der Waals surface area contributed by atoms with E-state index in [1.54, 1.807) is 34.3 Å². The number of hydrogen-bond donors (Lipinski definition) is 1. The fourth-order valence-electron chi connectivity index (χ4n) is 3.91. The molecule has 2 aromatic carbocycles. The maximum Gasteiger partial charge on any atom is 0.254 e. The van der Waals surface area contributed by atoms with Crippen LogP contribution >= 0.6 is 0 Å². The van der Waals surface area contributed by atoms with E-state index in [9.17, 15) is 9.59 Å². The van der Waals surface area contributed by atoms with E-state index in [0.29, 0.717) is 37.3 Å². The number of hydrogen-bond acceptors (Lipinski definition) is 5. The van der Waals surface area contributed by atoms with Crippen LogP contribution in [0, 0.1) is 13.8 Å². The molecule has 1 saturated heterocycles. The highest BCUT2D eigenvalue weighted by Gasteiger charge is 2.26. The van der Waals surface area contributed by atoms with E-state index in [1.165, 1.54) is 0 Å². The normalized spacial score (nSPS) is 14.4. The molecule has 0 unspecified atom stereocenters. The third-order valence-electron chi connectivity index (χ3n) is 5.84. The van der Waals surface area contributed by atoms with Gasteiger partial charge in [0, 0.05) is 37.3 Å². The highest BCUT2D eigenvalue weighted by Crippen LogP contribution is 2.18. The topological polar surface area (TPSA) is 95.1 Å². The monoisotopic (exact) mass is 414 g/mol. The molecule has 1 fully saturated rings. The van der Waals surface area contributed by atoms with Gasteiger partial charge in [0.15, 0.2) is 0 Å². The van der Waals surface area contributed by atoms with Gasteiger partial charge in [-0.15, -0.1) is 0 Å². The summed E-state index contributed by atoms with van der Waals surface area (Å²) in [4.78, 5) is 45.8. The first kappa shape index (κ1) is 19.2. The van der Waals surface area contributed by atoms with Crippen LogP contribution in [0.5, 0.6) is 0 Å². The number of aromatic amines is 1. The Hall–Kier alpha value is -3.81. The molecule has 3 heterocycles. The zero-order chi connectivity index (χ0) is 21.5. The predicted molar refractivity (Wildman–Crippen MR) is 117 cm³/mol. The van der Waals surface area contributed by atoms with Gasteiger partial charge in [-0.05, 0) is 50.2 Å². The molecular weight excluding hydrogens is 392 g/mol. The van der Waals surface area contributed by atoms with Gasteiger partial charge in [0.05, 0.1) is 39.8 Å². The van der Waals surface area contributed by atoms with Crippen LogP contribution in [0.2, 0.25) is 0 Å². The molecule has 4 aromatic rings. The average molecular weight is 414 g/mol. The Labute approximate surface area is 178 Å². The largest absolute Gasteiger partial charge is 0.345 e. The standard InChI is InChI=1S/C23H22N6O2/c1-14-15(2)27-21-12-17(4-6-19(21)26-14)23(31)29-9-7-28(8-10-29)22(30)16-3-5-18-20(11-16)25-13-24-18/h3-6,11-13H,7-10H2,1-2H3,(H,24,25). The van der Waals surface area contributed by atoms with Gasteiger partial charge >= 0.3 is 0 Å². The number of piperazine rings is 1. The van der Waals surface area contributed by atoms with E-state index in [2.05, 4.69) is 19.9 Å². The predicted octanol–water partition coefficient (Wildman–Crippen LogP) is 2.72. The molecule has 31 heavy (non-hydrogen) atoms. The number of rotatable bonds is 2. The second kappa shape index (κ2) is 7.46. The molecule has 2 aromatic heterocycles. The average Bonchev–Trinajstić information content (AvgIpc) is 3.26. The Balaban J connectivity index is 1.28. The van der Waals surface area contributed by atoms with Crippen molar-refractivity contribution in [1.82, 2.24) is 29.7 Å². The van der Waals surface area contributed by atoms with Crippen molar-refractivity contribution < 1.29 is 9.59 Å². The van der Waals surface area contributed by atoms with Crippen molar-refractivity contribution in [3.63, 3.8) is 0 Å². The summed E-state index contributed by atoms with van der Waals surface area (Å²) in [6.45, 7) is 5.82. The van der Waals surface area contributed by atoms with E-state index >= 15 is 0 Å². The number of aryl methyl sites for hydroxylation is 2. The molecule has 0 saturated carbocycles. The molecular formula is C23H22N6O2. The van der Waals surface area contributed by atoms with Crippen LogP contribution in [0.4, 0.5) is 0 Å². The maximum atomic E-state index is 13.0. The Morgan fingerprint density at radius 1 is 0.774 bits per heavy atom. The zero-order valence-electron chi connectivity index (χ0n) is 17.4. The van der Waals surface area contributed by atoms with E-state index in [4.69, 9.17) is 0 Å². The molecule has 8 heteroatoms. The molecule has 0 bridgehead atoms. The number of nitrogens with zero attached hydrogens (tertiary/aromatic N) is 5. The molecule has 2 amide bonds. The molecule has 0 atom stereocenters. The second-order valence-electron chi connectivity index (χ2n) is 7.82. The lowest BCUT2D eigenvalue weighted by atomic mass is 10.1. The molecule has 1 aliphatic rings. The third kappa shape index (κ3) is 3.50. The number of carbonyl (C=O) groups is 2. The van der Waals surface area contributed by atoms with Crippen LogP contribution in [0.15, 0.2) is 42.7 Å². The molecule has 0 radical (unpaired) electrons. The van der Waals surface area contributed by atoms with Gasteiger partial charge in [0.25, 0.3) is 11.8 Å². The summed E-state index contributed by atoms with van der Waals surface area (Å²) in [5.41, 5.74) is 6.13. The van der Waals surface area contributed by atoms with Gasteiger partial charge in [-0.25, -0.2) is 15.0 Å². The zero-order valence-corrected chi connectivity index (χ0v) is 17.4. The first-order chi connectivity index (χ1) is 15.0. The minimum Gasteiger partial charge on any atom is -0.345 e. The number of H-pyrrole nitrogens is 1. The van der Waals surface area contributed by atoms with Crippen molar-refractivity contribution in [2.24, 2.45) is 0 Å². The van der Waals surface area contributed by atoms with Gasteiger partial charge in [0.2, 0.25) is 0 Å². The number of nitrogens with one attached hydrogen (secondary N) is 1. The van der Waals surface area contributed by atoms with Crippen LogP contribution in [0.25, 0.3) is 22.1 Å². The summed E-state index contributed by atoms with van der Waals surface area (Å²) in [7, 11) is 0. The van der Waals surface area contributed by atoms with Crippen molar-refractivity contribution >= 4 is 33.9 Å². The summed E-state index contributed by atoms with van der Waals surface area (Å²) in [5.74, 6) is -0.0802. The summed E-state index contributed by atoms with van der Waals surface area (Å²) < 4.78 is 0. The van der Waals surface area contributed by atoms with Crippen LogP contribution in [-0.2, 0) is 0 Å². The maximum absolute atomic E-state index is 13.0. The first-order valence-corrected chi connectivity index (χ1v) is 10.3. The fraction of sp³-hybridized carbons (Fsp3) is 0.261. The number of fused-ring (bicyclic) bond motifs is 2. The van der Waals surface area contributed by atoms with Crippen molar-refractivity contribution in [1.29, 1.82) is 0 Å². The molecule has 0 aliphatic carbocycles. The minimum atomic E-state index is -0.0482. The quantitative estimate of drug-likeness (QED) is 0.544. The summed E-state index contributed by atoms with van der Waals surface area (Å²) in [5, 5.41) is 0. The summed E-state index contributed by atoms with van der Waals surface area (Å²) in [6.07, 6.45) is 1.62. The van der Waals surface area contributed by atoms with E-state index in [1.807, 2.05) is 32.0 Å². The second-order valence-corrected chi connectivity index (χ2v) is 7.82. The Kier molecular flexibility index (Phi) is 4.62.